The Labute approximate surface area is 161 Å². The zero-order valence-electron chi connectivity index (χ0n) is 14.3. The van der Waals surface area contributed by atoms with E-state index in [9.17, 15) is 16.8 Å². The van der Waals surface area contributed by atoms with Crippen LogP contribution in [0, 0.1) is 0 Å². The van der Waals surface area contributed by atoms with Gasteiger partial charge in [0.05, 0.1) is 9.79 Å². The minimum atomic E-state index is -3.76. The van der Waals surface area contributed by atoms with Gasteiger partial charge in [0.2, 0.25) is 26.0 Å². The van der Waals surface area contributed by atoms with Crippen molar-refractivity contribution in [1.82, 2.24) is 9.97 Å². The standard InChI is InChI=1S/C16H16N6O4S2/c17-27(23,24)13-5-1-11(2-6-13)20-15-9-10-19-16(22-15)21-12-3-7-14(8-4-12)28(18,25)26/h1-10H,(H2,17,23,24)(H2,18,25,26)(H2,19,20,21,22). The van der Waals surface area contributed by atoms with Crippen molar-refractivity contribution in [1.29, 1.82) is 0 Å². The first-order valence-electron chi connectivity index (χ1n) is 7.74. The van der Waals surface area contributed by atoms with Gasteiger partial charge in [0, 0.05) is 17.6 Å². The number of primary sulfonamides is 2. The number of nitrogens with one attached hydrogen (secondary N) is 2. The van der Waals surface area contributed by atoms with E-state index in [2.05, 4.69) is 20.6 Å². The minimum absolute atomic E-state index is 0.00248. The molecular weight excluding hydrogens is 404 g/mol. The smallest absolute Gasteiger partial charge is 0.238 e. The highest BCUT2D eigenvalue weighted by molar-refractivity contribution is 7.89. The van der Waals surface area contributed by atoms with Crippen molar-refractivity contribution in [3.63, 3.8) is 0 Å². The Morgan fingerprint density at radius 3 is 1.61 bits per heavy atom. The molecule has 12 heteroatoms. The molecule has 0 atom stereocenters. The van der Waals surface area contributed by atoms with E-state index >= 15 is 0 Å². The third-order valence-corrected chi connectivity index (χ3v) is 5.41. The van der Waals surface area contributed by atoms with Crippen molar-refractivity contribution < 1.29 is 16.8 Å². The Morgan fingerprint density at radius 1 is 0.679 bits per heavy atom. The predicted octanol–water partition coefficient (Wildman–Crippen LogP) is 1.26. The van der Waals surface area contributed by atoms with Gasteiger partial charge in [0.25, 0.3) is 0 Å². The van der Waals surface area contributed by atoms with E-state index in [-0.39, 0.29) is 15.7 Å². The lowest BCUT2D eigenvalue weighted by Gasteiger charge is -2.09. The van der Waals surface area contributed by atoms with Crippen molar-refractivity contribution >= 4 is 43.2 Å². The van der Waals surface area contributed by atoms with Crippen LogP contribution in [0.5, 0.6) is 0 Å². The third-order valence-electron chi connectivity index (χ3n) is 3.55. The van der Waals surface area contributed by atoms with Crippen LogP contribution in [0.2, 0.25) is 0 Å². The number of sulfonamides is 2. The van der Waals surface area contributed by atoms with Crippen LogP contribution in [0.1, 0.15) is 0 Å². The summed E-state index contributed by atoms with van der Waals surface area (Å²) in [6.45, 7) is 0. The van der Waals surface area contributed by atoms with E-state index in [0.29, 0.717) is 17.2 Å². The molecule has 28 heavy (non-hydrogen) atoms. The molecule has 0 unspecified atom stereocenters. The molecule has 0 spiro atoms. The number of anilines is 4. The highest BCUT2D eigenvalue weighted by Crippen LogP contribution is 2.20. The summed E-state index contributed by atoms with van der Waals surface area (Å²) in [4.78, 5) is 8.38. The van der Waals surface area contributed by atoms with Crippen LogP contribution < -0.4 is 20.9 Å². The Balaban J connectivity index is 1.73. The van der Waals surface area contributed by atoms with E-state index in [1.807, 2.05) is 0 Å². The van der Waals surface area contributed by atoms with Crippen LogP contribution in [0.25, 0.3) is 0 Å². The summed E-state index contributed by atoms with van der Waals surface area (Å²) in [5.41, 5.74) is 1.18. The zero-order chi connectivity index (χ0) is 20.4. The normalized spacial score (nSPS) is 11.8. The molecule has 10 nitrogen and oxygen atoms in total. The largest absolute Gasteiger partial charge is 0.340 e. The van der Waals surface area contributed by atoms with Crippen molar-refractivity contribution in [2.45, 2.75) is 9.79 Å². The zero-order valence-corrected chi connectivity index (χ0v) is 15.9. The predicted molar refractivity (Wildman–Crippen MR) is 104 cm³/mol. The molecule has 3 rings (SSSR count). The summed E-state index contributed by atoms with van der Waals surface area (Å²) in [5.74, 6) is 0.733. The van der Waals surface area contributed by atoms with Crippen LogP contribution in [0.3, 0.4) is 0 Å². The molecular formula is C16H16N6O4S2. The quantitative estimate of drug-likeness (QED) is 0.461. The maximum Gasteiger partial charge on any atom is 0.238 e. The lowest BCUT2D eigenvalue weighted by Crippen LogP contribution is -2.12. The topological polar surface area (TPSA) is 170 Å². The van der Waals surface area contributed by atoms with Crippen molar-refractivity contribution in [2.75, 3.05) is 10.6 Å². The molecule has 0 fully saturated rings. The molecule has 1 aromatic heterocycles. The van der Waals surface area contributed by atoms with E-state index in [1.54, 1.807) is 18.2 Å². The number of aromatic nitrogens is 2. The molecule has 3 aromatic rings. The fourth-order valence-electron chi connectivity index (χ4n) is 2.22. The second-order valence-corrected chi connectivity index (χ2v) is 8.78. The second-order valence-electron chi connectivity index (χ2n) is 5.65. The van der Waals surface area contributed by atoms with Crippen LogP contribution in [0.4, 0.5) is 23.1 Å². The Hall–Kier alpha value is -3.06. The molecule has 0 saturated carbocycles. The summed E-state index contributed by atoms with van der Waals surface area (Å²) in [6.07, 6.45) is 1.52. The molecule has 0 aliphatic heterocycles. The fraction of sp³-hybridized carbons (Fsp3) is 0. The van der Waals surface area contributed by atoms with Gasteiger partial charge in [-0.2, -0.15) is 4.98 Å². The van der Waals surface area contributed by atoms with Crippen LogP contribution in [-0.2, 0) is 20.0 Å². The number of hydrogen-bond donors (Lipinski definition) is 4. The van der Waals surface area contributed by atoms with Crippen molar-refractivity contribution in [3.05, 3.63) is 60.8 Å². The molecule has 146 valence electrons. The Bertz CT molecular complexity index is 1100. The van der Waals surface area contributed by atoms with Gasteiger partial charge < -0.3 is 10.6 Å². The van der Waals surface area contributed by atoms with E-state index in [1.165, 1.54) is 42.6 Å². The maximum absolute atomic E-state index is 11.3. The molecule has 0 saturated heterocycles. The summed E-state index contributed by atoms with van der Waals surface area (Å²) in [6, 6.07) is 13.3. The molecule has 2 aromatic carbocycles. The van der Waals surface area contributed by atoms with E-state index < -0.39 is 20.0 Å². The Morgan fingerprint density at radius 2 is 1.14 bits per heavy atom. The van der Waals surface area contributed by atoms with Crippen LogP contribution in [0.15, 0.2) is 70.6 Å². The SMILES string of the molecule is NS(=O)(=O)c1ccc(Nc2ccnc(Nc3ccc(S(N)(=O)=O)cc3)n2)cc1. The van der Waals surface area contributed by atoms with Gasteiger partial charge in [0.1, 0.15) is 5.82 Å². The molecule has 6 N–H and O–H groups in total. The lowest BCUT2D eigenvalue weighted by molar-refractivity contribution is 0.596. The Kier molecular flexibility index (Phi) is 5.29. The van der Waals surface area contributed by atoms with E-state index in [4.69, 9.17) is 10.3 Å². The van der Waals surface area contributed by atoms with Gasteiger partial charge in [-0.15, -0.1) is 0 Å². The van der Waals surface area contributed by atoms with Crippen LogP contribution >= 0.6 is 0 Å². The first kappa shape index (κ1) is 19.7. The number of nitrogens with zero attached hydrogens (tertiary/aromatic N) is 2. The average Bonchev–Trinajstić information content (AvgIpc) is 2.61. The summed E-state index contributed by atoms with van der Waals surface area (Å²) < 4.78 is 45.1. The summed E-state index contributed by atoms with van der Waals surface area (Å²) in [7, 11) is -7.52. The molecule has 0 amide bonds. The highest BCUT2D eigenvalue weighted by Gasteiger charge is 2.09. The monoisotopic (exact) mass is 420 g/mol. The molecule has 0 aliphatic carbocycles. The highest BCUT2D eigenvalue weighted by atomic mass is 32.2. The molecule has 0 radical (unpaired) electrons. The van der Waals surface area contributed by atoms with Crippen molar-refractivity contribution in [3.8, 4) is 0 Å². The summed E-state index contributed by atoms with van der Waals surface area (Å²) in [5, 5.41) is 16.1. The first-order valence-corrected chi connectivity index (χ1v) is 10.8. The van der Waals surface area contributed by atoms with Crippen LogP contribution in [-0.4, -0.2) is 26.8 Å². The summed E-state index contributed by atoms with van der Waals surface area (Å²) >= 11 is 0. The van der Waals surface area contributed by atoms with Gasteiger partial charge in [-0.05, 0) is 54.6 Å². The third kappa shape index (κ3) is 5.01. The molecule has 0 aliphatic rings. The first-order chi connectivity index (χ1) is 13.1. The number of benzene rings is 2. The fourth-order valence-corrected chi connectivity index (χ4v) is 3.25. The van der Waals surface area contributed by atoms with Gasteiger partial charge in [-0.25, -0.2) is 32.1 Å². The van der Waals surface area contributed by atoms with Gasteiger partial charge in [-0.1, -0.05) is 0 Å². The van der Waals surface area contributed by atoms with E-state index in [0.717, 1.165) is 0 Å². The maximum atomic E-state index is 11.3. The molecule has 1 heterocycles. The van der Waals surface area contributed by atoms with Gasteiger partial charge >= 0.3 is 0 Å². The lowest BCUT2D eigenvalue weighted by atomic mass is 10.3. The van der Waals surface area contributed by atoms with Gasteiger partial charge in [-0.3, -0.25) is 0 Å². The van der Waals surface area contributed by atoms with Gasteiger partial charge in [0.15, 0.2) is 0 Å². The average molecular weight is 420 g/mol. The van der Waals surface area contributed by atoms with Crippen molar-refractivity contribution in [2.24, 2.45) is 10.3 Å². The number of nitrogens with two attached hydrogens (primary N) is 2. The number of rotatable bonds is 6. The number of hydrogen-bond acceptors (Lipinski definition) is 8. The second kappa shape index (κ2) is 7.52. The minimum Gasteiger partial charge on any atom is -0.340 e. The molecule has 0 bridgehead atoms.